The van der Waals surface area contributed by atoms with E-state index in [4.69, 9.17) is 0 Å². The third-order valence-electron chi connectivity index (χ3n) is 4.21. The Bertz CT molecular complexity index is 657. The van der Waals surface area contributed by atoms with Gasteiger partial charge in [0.1, 0.15) is 0 Å². The van der Waals surface area contributed by atoms with Gasteiger partial charge >= 0.3 is 0 Å². The van der Waals surface area contributed by atoms with Crippen molar-refractivity contribution in [2.24, 2.45) is 4.99 Å². The van der Waals surface area contributed by atoms with E-state index in [1.54, 1.807) is 0 Å². The highest BCUT2D eigenvalue weighted by atomic mass is 32.2. The van der Waals surface area contributed by atoms with Gasteiger partial charge in [-0.1, -0.05) is 43.7 Å². The lowest BCUT2D eigenvalue weighted by Gasteiger charge is -2.18. The molecule has 0 radical (unpaired) electrons. The van der Waals surface area contributed by atoms with Gasteiger partial charge in [0, 0.05) is 38.6 Å². The van der Waals surface area contributed by atoms with E-state index in [2.05, 4.69) is 53.7 Å². The van der Waals surface area contributed by atoms with E-state index in [1.165, 1.54) is 21.7 Å². The Morgan fingerprint density at radius 3 is 2.38 bits per heavy atom. The molecule has 0 bridgehead atoms. The zero-order chi connectivity index (χ0) is 19.6. The molecule has 1 rings (SSSR count). The number of aryl methyl sites for hydroxylation is 1. The van der Waals surface area contributed by atoms with E-state index in [9.17, 15) is 8.42 Å². The first-order chi connectivity index (χ1) is 12.3. The lowest BCUT2D eigenvalue weighted by atomic mass is 10.0. The van der Waals surface area contributed by atoms with Crippen molar-refractivity contribution in [2.45, 2.75) is 40.0 Å². The zero-order valence-corrected chi connectivity index (χ0v) is 17.6. The summed E-state index contributed by atoms with van der Waals surface area (Å²) in [5.74, 6) is 1.11. The SMILES string of the molecule is CCNC(=NCC(C)c1ccc(C)cc1)NCCCN(CC)S(C)(=O)=O. The number of rotatable bonds is 10. The standard InChI is InChI=1S/C19H34N4O2S/c1-6-20-19(21-13-8-14-23(7-2)26(5,24)25)22-15-17(4)18-11-9-16(3)10-12-18/h9-12,17H,6-8,13-15H2,1-5H3,(H2,20,21,22). The molecule has 6 nitrogen and oxygen atoms in total. The highest BCUT2D eigenvalue weighted by Gasteiger charge is 2.13. The van der Waals surface area contributed by atoms with Crippen LogP contribution >= 0.6 is 0 Å². The van der Waals surface area contributed by atoms with Crippen molar-refractivity contribution < 1.29 is 8.42 Å². The van der Waals surface area contributed by atoms with E-state index in [0.29, 0.717) is 32.1 Å². The molecule has 0 amide bonds. The largest absolute Gasteiger partial charge is 0.357 e. The number of nitrogens with one attached hydrogen (secondary N) is 2. The quantitative estimate of drug-likeness (QED) is 0.370. The van der Waals surface area contributed by atoms with Gasteiger partial charge in [-0.25, -0.2) is 12.7 Å². The van der Waals surface area contributed by atoms with E-state index in [-0.39, 0.29) is 0 Å². The Morgan fingerprint density at radius 1 is 1.19 bits per heavy atom. The highest BCUT2D eigenvalue weighted by Crippen LogP contribution is 2.15. The van der Waals surface area contributed by atoms with Gasteiger partial charge in [-0.2, -0.15) is 0 Å². The van der Waals surface area contributed by atoms with Crippen molar-refractivity contribution in [2.75, 3.05) is 39.0 Å². The fourth-order valence-corrected chi connectivity index (χ4v) is 3.52. The van der Waals surface area contributed by atoms with Crippen LogP contribution in [0.3, 0.4) is 0 Å². The number of hydrogen-bond donors (Lipinski definition) is 2. The third kappa shape index (κ3) is 8.19. The normalized spacial score (nSPS) is 13.7. The summed E-state index contributed by atoms with van der Waals surface area (Å²) in [7, 11) is -3.12. The minimum atomic E-state index is -3.12. The summed E-state index contributed by atoms with van der Waals surface area (Å²) in [6.45, 7) is 11.3. The molecular formula is C19H34N4O2S. The van der Waals surface area contributed by atoms with Gasteiger partial charge in [-0.05, 0) is 25.8 Å². The molecule has 7 heteroatoms. The van der Waals surface area contributed by atoms with Crippen molar-refractivity contribution in [1.29, 1.82) is 0 Å². The number of aliphatic imine (C=N–C) groups is 1. The van der Waals surface area contributed by atoms with Crippen LogP contribution in [0.1, 0.15) is 44.2 Å². The Morgan fingerprint density at radius 2 is 1.85 bits per heavy atom. The summed E-state index contributed by atoms with van der Waals surface area (Å²) >= 11 is 0. The maximum atomic E-state index is 11.6. The Labute approximate surface area is 159 Å². The minimum Gasteiger partial charge on any atom is -0.357 e. The number of guanidine groups is 1. The number of benzene rings is 1. The topological polar surface area (TPSA) is 73.8 Å². The van der Waals surface area contributed by atoms with Gasteiger partial charge in [0.05, 0.1) is 6.26 Å². The molecule has 0 heterocycles. The van der Waals surface area contributed by atoms with Gasteiger partial charge in [-0.15, -0.1) is 0 Å². The molecule has 0 aliphatic carbocycles. The summed E-state index contributed by atoms with van der Waals surface area (Å²) in [5.41, 5.74) is 2.54. The molecule has 26 heavy (non-hydrogen) atoms. The van der Waals surface area contributed by atoms with Crippen molar-refractivity contribution >= 4 is 16.0 Å². The van der Waals surface area contributed by atoms with Gasteiger partial charge in [-0.3, -0.25) is 4.99 Å². The molecule has 0 saturated carbocycles. The molecule has 0 aliphatic rings. The predicted octanol–water partition coefficient (Wildman–Crippen LogP) is 2.33. The molecule has 0 saturated heterocycles. The fraction of sp³-hybridized carbons (Fsp3) is 0.632. The van der Waals surface area contributed by atoms with Crippen LogP contribution < -0.4 is 10.6 Å². The summed E-state index contributed by atoms with van der Waals surface area (Å²) in [5, 5.41) is 6.52. The first-order valence-electron chi connectivity index (χ1n) is 9.31. The molecule has 0 aromatic heterocycles. The monoisotopic (exact) mass is 382 g/mol. The summed E-state index contributed by atoms with van der Waals surface area (Å²) in [6, 6.07) is 8.56. The maximum Gasteiger partial charge on any atom is 0.211 e. The maximum absolute atomic E-state index is 11.6. The molecule has 1 aromatic rings. The zero-order valence-electron chi connectivity index (χ0n) is 16.7. The average molecular weight is 383 g/mol. The van der Waals surface area contributed by atoms with Gasteiger partial charge in [0.2, 0.25) is 10.0 Å². The Kier molecular flexibility index (Phi) is 9.65. The second-order valence-corrected chi connectivity index (χ2v) is 8.55. The molecule has 0 fully saturated rings. The van der Waals surface area contributed by atoms with E-state index in [0.717, 1.165) is 18.9 Å². The molecular weight excluding hydrogens is 348 g/mol. The molecule has 0 aliphatic heterocycles. The second-order valence-electron chi connectivity index (χ2n) is 6.57. The highest BCUT2D eigenvalue weighted by molar-refractivity contribution is 7.88. The summed E-state index contributed by atoms with van der Waals surface area (Å²) in [4.78, 5) is 4.66. The first-order valence-corrected chi connectivity index (χ1v) is 11.2. The van der Waals surface area contributed by atoms with E-state index < -0.39 is 10.0 Å². The van der Waals surface area contributed by atoms with Gasteiger partial charge in [0.25, 0.3) is 0 Å². The minimum absolute atomic E-state index is 0.340. The molecule has 1 atom stereocenters. The van der Waals surface area contributed by atoms with E-state index in [1.807, 2.05) is 13.8 Å². The van der Waals surface area contributed by atoms with Crippen LogP contribution in [0.4, 0.5) is 0 Å². The van der Waals surface area contributed by atoms with Crippen LogP contribution in [0, 0.1) is 6.92 Å². The van der Waals surface area contributed by atoms with Crippen LogP contribution in [-0.4, -0.2) is 57.7 Å². The Hall–Kier alpha value is -1.60. The van der Waals surface area contributed by atoms with Crippen LogP contribution in [0.25, 0.3) is 0 Å². The fourth-order valence-electron chi connectivity index (χ4n) is 2.59. The molecule has 148 valence electrons. The number of sulfonamides is 1. The van der Waals surface area contributed by atoms with Crippen molar-refractivity contribution in [1.82, 2.24) is 14.9 Å². The molecule has 2 N–H and O–H groups in total. The lowest BCUT2D eigenvalue weighted by molar-refractivity contribution is 0.424. The molecule has 1 unspecified atom stereocenters. The van der Waals surface area contributed by atoms with Crippen molar-refractivity contribution in [3.05, 3.63) is 35.4 Å². The average Bonchev–Trinajstić information content (AvgIpc) is 2.58. The van der Waals surface area contributed by atoms with Gasteiger partial charge < -0.3 is 10.6 Å². The lowest BCUT2D eigenvalue weighted by Crippen LogP contribution is -2.39. The summed E-state index contributed by atoms with van der Waals surface area (Å²) < 4.78 is 24.7. The van der Waals surface area contributed by atoms with Gasteiger partial charge in [0.15, 0.2) is 5.96 Å². The van der Waals surface area contributed by atoms with Crippen LogP contribution in [-0.2, 0) is 10.0 Å². The van der Waals surface area contributed by atoms with Crippen molar-refractivity contribution in [3.8, 4) is 0 Å². The number of nitrogens with zero attached hydrogens (tertiary/aromatic N) is 2. The smallest absolute Gasteiger partial charge is 0.211 e. The summed E-state index contributed by atoms with van der Waals surface area (Å²) in [6.07, 6.45) is 1.99. The van der Waals surface area contributed by atoms with Crippen LogP contribution in [0.2, 0.25) is 0 Å². The van der Waals surface area contributed by atoms with Crippen molar-refractivity contribution in [3.63, 3.8) is 0 Å². The van der Waals surface area contributed by atoms with E-state index >= 15 is 0 Å². The first kappa shape index (κ1) is 22.4. The molecule has 1 aromatic carbocycles. The third-order valence-corrected chi connectivity index (χ3v) is 5.59. The van der Waals surface area contributed by atoms with Crippen LogP contribution in [0.15, 0.2) is 29.3 Å². The molecule has 0 spiro atoms. The second kappa shape index (κ2) is 11.2. The predicted molar refractivity (Wildman–Crippen MR) is 110 cm³/mol. The van der Waals surface area contributed by atoms with Crippen LogP contribution in [0.5, 0.6) is 0 Å². The number of hydrogen-bond acceptors (Lipinski definition) is 3. The Balaban J connectivity index is 2.51.